The van der Waals surface area contributed by atoms with Gasteiger partial charge in [0, 0.05) is 12.1 Å². The van der Waals surface area contributed by atoms with E-state index < -0.39 is 0 Å². The van der Waals surface area contributed by atoms with Crippen LogP contribution in [0.4, 0.5) is 0 Å². The number of hydrogen-bond acceptors (Lipinski definition) is 4. The van der Waals surface area contributed by atoms with Crippen molar-refractivity contribution in [3.05, 3.63) is 57.6 Å². The summed E-state index contributed by atoms with van der Waals surface area (Å²) >= 11 is 12.0. The van der Waals surface area contributed by atoms with E-state index in [0.717, 1.165) is 17.5 Å². The van der Waals surface area contributed by atoms with Gasteiger partial charge in [-0.2, -0.15) is 0 Å². The molecule has 0 fully saturated rings. The van der Waals surface area contributed by atoms with E-state index in [-0.39, 0.29) is 21.9 Å². The van der Waals surface area contributed by atoms with E-state index in [1.165, 1.54) is 12.1 Å². The van der Waals surface area contributed by atoms with E-state index in [1.54, 1.807) is 6.21 Å². The molecule has 0 saturated heterocycles. The number of halogens is 2. The van der Waals surface area contributed by atoms with Crippen molar-refractivity contribution < 1.29 is 14.7 Å². The van der Waals surface area contributed by atoms with Crippen LogP contribution in [0.1, 0.15) is 31.4 Å². The van der Waals surface area contributed by atoms with Crippen molar-refractivity contribution in [2.75, 3.05) is 0 Å². The van der Waals surface area contributed by atoms with Crippen LogP contribution in [0, 0.1) is 0 Å². The van der Waals surface area contributed by atoms with Crippen LogP contribution in [0.15, 0.2) is 41.6 Å². The van der Waals surface area contributed by atoms with Gasteiger partial charge in [-0.3, -0.25) is 0 Å². The maximum atomic E-state index is 9.41. The van der Waals surface area contributed by atoms with Crippen molar-refractivity contribution >= 4 is 29.4 Å². The Morgan fingerprint density at radius 2 is 1.79 bits per heavy atom. The molecule has 6 heteroatoms. The molecule has 0 aliphatic heterocycles. The van der Waals surface area contributed by atoms with E-state index >= 15 is 0 Å². The number of phenolic OH excluding ortho intramolecular Hbond substituents is 1. The molecule has 1 atom stereocenters. The molecular formula is C18H19Cl2NO3. The number of rotatable bonds is 7. The van der Waals surface area contributed by atoms with Crippen LogP contribution in [-0.2, 0) is 11.4 Å². The van der Waals surface area contributed by atoms with E-state index in [0.29, 0.717) is 12.4 Å². The van der Waals surface area contributed by atoms with Crippen molar-refractivity contribution in [3.63, 3.8) is 0 Å². The zero-order chi connectivity index (χ0) is 17.5. The summed E-state index contributed by atoms with van der Waals surface area (Å²) in [6.07, 6.45) is 2.69. The largest absolute Gasteiger partial charge is 0.508 e. The van der Waals surface area contributed by atoms with Crippen LogP contribution in [0.3, 0.4) is 0 Å². The van der Waals surface area contributed by atoms with Crippen molar-refractivity contribution in [3.8, 4) is 11.5 Å². The average molecular weight is 368 g/mol. The second kappa shape index (κ2) is 8.81. The fourth-order valence-electron chi connectivity index (χ4n) is 1.81. The predicted octanol–water partition coefficient (Wildman–Crippen LogP) is 5.43. The third-order valence-electron chi connectivity index (χ3n) is 3.36. The number of nitrogens with zero attached hydrogens (tertiary/aromatic N) is 1. The summed E-state index contributed by atoms with van der Waals surface area (Å²) in [7, 11) is 0. The lowest BCUT2D eigenvalue weighted by atomic mass is 10.1. The SMILES string of the molecule is CCC(C)O/N=C/c1ccc(COc2c(Cl)cc(O)cc2Cl)cc1. The van der Waals surface area contributed by atoms with Crippen LogP contribution in [0.5, 0.6) is 11.5 Å². The molecule has 0 aromatic heterocycles. The quantitative estimate of drug-likeness (QED) is 0.524. The van der Waals surface area contributed by atoms with Crippen molar-refractivity contribution in [1.82, 2.24) is 0 Å². The van der Waals surface area contributed by atoms with Gasteiger partial charge < -0.3 is 14.7 Å². The molecule has 24 heavy (non-hydrogen) atoms. The highest BCUT2D eigenvalue weighted by atomic mass is 35.5. The average Bonchev–Trinajstić information content (AvgIpc) is 2.55. The standard InChI is InChI=1S/C18H19Cl2NO3/c1-3-12(2)24-21-10-13-4-6-14(7-5-13)11-23-18-16(19)8-15(22)9-17(18)20/h4-10,12,22H,3,11H2,1-2H3/b21-10+. The summed E-state index contributed by atoms with van der Waals surface area (Å²) in [4.78, 5) is 5.26. The third-order valence-corrected chi connectivity index (χ3v) is 3.92. The molecule has 2 aromatic carbocycles. The lowest BCUT2D eigenvalue weighted by molar-refractivity contribution is 0.0712. The molecule has 2 aromatic rings. The molecule has 4 nitrogen and oxygen atoms in total. The molecule has 1 N–H and O–H groups in total. The van der Waals surface area contributed by atoms with Crippen molar-refractivity contribution in [2.24, 2.45) is 5.16 Å². The Balaban J connectivity index is 1.95. The van der Waals surface area contributed by atoms with Crippen LogP contribution < -0.4 is 4.74 Å². The number of ether oxygens (including phenoxy) is 1. The van der Waals surface area contributed by atoms with Gasteiger partial charge in [0.25, 0.3) is 0 Å². The summed E-state index contributed by atoms with van der Waals surface area (Å²) < 4.78 is 5.64. The van der Waals surface area contributed by atoms with E-state index in [4.69, 9.17) is 32.8 Å². The summed E-state index contributed by atoms with van der Waals surface area (Å²) in [5.41, 5.74) is 1.89. The molecule has 2 rings (SSSR count). The van der Waals surface area contributed by atoms with Gasteiger partial charge in [0.15, 0.2) is 5.75 Å². The number of hydrogen-bond donors (Lipinski definition) is 1. The van der Waals surface area contributed by atoms with Gasteiger partial charge in [0.2, 0.25) is 0 Å². The third kappa shape index (κ3) is 5.32. The maximum absolute atomic E-state index is 9.41. The highest BCUT2D eigenvalue weighted by Gasteiger charge is 2.09. The van der Waals surface area contributed by atoms with Crippen molar-refractivity contribution in [2.45, 2.75) is 33.0 Å². The van der Waals surface area contributed by atoms with Crippen molar-refractivity contribution in [1.29, 1.82) is 0 Å². The number of phenols is 1. The van der Waals surface area contributed by atoms with Gasteiger partial charge in [0.05, 0.1) is 16.3 Å². The number of aromatic hydroxyl groups is 1. The molecule has 1 unspecified atom stereocenters. The lowest BCUT2D eigenvalue weighted by Crippen LogP contribution is -2.01. The second-order valence-electron chi connectivity index (χ2n) is 5.33. The van der Waals surface area contributed by atoms with Gasteiger partial charge in [-0.1, -0.05) is 59.5 Å². The first kappa shape index (κ1) is 18.4. The van der Waals surface area contributed by atoms with Crippen LogP contribution >= 0.6 is 23.2 Å². The minimum Gasteiger partial charge on any atom is -0.508 e. The molecular weight excluding hydrogens is 349 g/mol. The zero-order valence-corrected chi connectivity index (χ0v) is 15.0. The van der Waals surface area contributed by atoms with Gasteiger partial charge in [-0.05, 0) is 24.5 Å². The summed E-state index contributed by atoms with van der Waals surface area (Å²) in [6.45, 7) is 4.32. The summed E-state index contributed by atoms with van der Waals surface area (Å²) in [5, 5.41) is 13.9. The summed E-state index contributed by atoms with van der Waals surface area (Å²) in [6, 6.07) is 10.5. The Morgan fingerprint density at radius 3 is 2.38 bits per heavy atom. The lowest BCUT2D eigenvalue weighted by Gasteiger charge is -2.10. The molecule has 0 saturated carbocycles. The first-order valence-electron chi connectivity index (χ1n) is 7.58. The van der Waals surface area contributed by atoms with E-state index in [2.05, 4.69) is 5.16 Å². The Bertz CT molecular complexity index is 679. The highest BCUT2D eigenvalue weighted by molar-refractivity contribution is 6.37. The second-order valence-corrected chi connectivity index (χ2v) is 6.14. The van der Waals surface area contributed by atoms with Gasteiger partial charge in [0.1, 0.15) is 18.5 Å². The monoisotopic (exact) mass is 367 g/mol. The van der Waals surface area contributed by atoms with E-state index in [1.807, 2.05) is 38.1 Å². The fraction of sp³-hybridized carbons (Fsp3) is 0.278. The molecule has 0 bridgehead atoms. The normalized spacial score (nSPS) is 12.3. The Morgan fingerprint density at radius 1 is 1.17 bits per heavy atom. The predicted molar refractivity (Wildman–Crippen MR) is 97.3 cm³/mol. The fourth-order valence-corrected chi connectivity index (χ4v) is 2.39. The van der Waals surface area contributed by atoms with Gasteiger partial charge in [-0.25, -0.2) is 0 Å². The highest BCUT2D eigenvalue weighted by Crippen LogP contribution is 2.36. The molecule has 128 valence electrons. The molecule has 0 aliphatic carbocycles. The Kier molecular flexibility index (Phi) is 6.76. The Hall–Kier alpha value is -1.91. The van der Waals surface area contributed by atoms with Crippen LogP contribution in [-0.4, -0.2) is 17.4 Å². The molecule has 0 heterocycles. The number of benzene rings is 2. The minimum absolute atomic E-state index is 0.000556. The zero-order valence-electron chi connectivity index (χ0n) is 13.5. The molecule has 0 amide bonds. The topological polar surface area (TPSA) is 51.0 Å². The Labute approximate surface area is 151 Å². The first-order chi connectivity index (χ1) is 11.5. The molecule has 0 aliphatic rings. The number of oxime groups is 1. The molecule has 0 radical (unpaired) electrons. The van der Waals surface area contributed by atoms with Gasteiger partial charge in [-0.15, -0.1) is 0 Å². The smallest absolute Gasteiger partial charge is 0.157 e. The minimum atomic E-state index is 0.000556. The maximum Gasteiger partial charge on any atom is 0.157 e. The van der Waals surface area contributed by atoms with Crippen LogP contribution in [0.25, 0.3) is 0 Å². The van der Waals surface area contributed by atoms with Crippen LogP contribution in [0.2, 0.25) is 10.0 Å². The van der Waals surface area contributed by atoms with Gasteiger partial charge >= 0.3 is 0 Å². The first-order valence-corrected chi connectivity index (χ1v) is 8.34. The summed E-state index contributed by atoms with van der Waals surface area (Å²) in [5.74, 6) is 0.351. The van der Waals surface area contributed by atoms with E-state index in [9.17, 15) is 5.11 Å². The molecule has 0 spiro atoms.